The number of methoxy groups -OCH3 is 1. The van der Waals surface area contributed by atoms with Crippen LogP contribution in [-0.2, 0) is 4.79 Å². The lowest BCUT2D eigenvalue weighted by Crippen LogP contribution is -2.09. The van der Waals surface area contributed by atoms with E-state index in [-0.39, 0.29) is 5.91 Å². The second-order valence-corrected chi connectivity index (χ2v) is 4.20. The molecule has 0 bridgehead atoms. The highest BCUT2D eigenvalue weighted by Gasteiger charge is 2.02. The van der Waals surface area contributed by atoms with Crippen molar-refractivity contribution in [2.75, 3.05) is 12.4 Å². The molecular formula is C14H12ClN3O2. The van der Waals surface area contributed by atoms with Gasteiger partial charge in [-0.2, -0.15) is 0 Å². The molecule has 1 aromatic heterocycles. The Morgan fingerprint density at radius 1 is 1.35 bits per heavy atom. The van der Waals surface area contributed by atoms with Gasteiger partial charge in [0, 0.05) is 17.2 Å². The smallest absolute Gasteiger partial charge is 0.249 e. The Bertz CT molecular complexity index is 644. The predicted octanol–water partition coefficient (Wildman–Crippen LogP) is 2.79. The van der Waals surface area contributed by atoms with Gasteiger partial charge in [0.1, 0.15) is 12.1 Å². The van der Waals surface area contributed by atoms with Crippen LogP contribution in [-0.4, -0.2) is 23.0 Å². The topological polar surface area (TPSA) is 64.1 Å². The predicted molar refractivity (Wildman–Crippen MR) is 77.7 cm³/mol. The SMILES string of the molecule is COc1cc(NC(=O)/C=C/c2ccccc2Cl)ncn1. The van der Waals surface area contributed by atoms with Crippen molar-refractivity contribution in [3.63, 3.8) is 0 Å². The number of nitrogens with one attached hydrogen (secondary N) is 1. The van der Waals surface area contributed by atoms with E-state index in [2.05, 4.69) is 15.3 Å². The Kier molecular flexibility index (Phi) is 4.68. The molecule has 2 rings (SSSR count). The van der Waals surface area contributed by atoms with Crippen LogP contribution in [0.3, 0.4) is 0 Å². The van der Waals surface area contributed by atoms with Gasteiger partial charge >= 0.3 is 0 Å². The van der Waals surface area contributed by atoms with Gasteiger partial charge in [0.05, 0.1) is 7.11 Å². The second-order valence-electron chi connectivity index (χ2n) is 3.79. The van der Waals surface area contributed by atoms with Gasteiger partial charge in [-0.3, -0.25) is 4.79 Å². The first-order chi connectivity index (χ1) is 9.69. The van der Waals surface area contributed by atoms with E-state index in [0.29, 0.717) is 16.7 Å². The molecule has 0 aliphatic rings. The van der Waals surface area contributed by atoms with Crippen molar-refractivity contribution in [1.29, 1.82) is 0 Å². The number of hydrogen-bond acceptors (Lipinski definition) is 4. The lowest BCUT2D eigenvalue weighted by atomic mass is 10.2. The summed E-state index contributed by atoms with van der Waals surface area (Å²) in [5, 5.41) is 3.19. The summed E-state index contributed by atoms with van der Waals surface area (Å²) in [6.07, 6.45) is 4.33. The summed E-state index contributed by atoms with van der Waals surface area (Å²) in [5.41, 5.74) is 0.768. The number of carbonyl (C=O) groups is 1. The number of amides is 1. The van der Waals surface area contributed by atoms with Crippen LogP contribution in [0.4, 0.5) is 5.82 Å². The minimum Gasteiger partial charge on any atom is -0.481 e. The number of aromatic nitrogens is 2. The molecule has 1 N–H and O–H groups in total. The molecule has 0 radical (unpaired) electrons. The molecule has 0 aliphatic heterocycles. The van der Waals surface area contributed by atoms with Crippen LogP contribution in [0.1, 0.15) is 5.56 Å². The molecule has 0 aliphatic carbocycles. The molecule has 1 aromatic carbocycles. The summed E-state index contributed by atoms with van der Waals surface area (Å²) < 4.78 is 4.94. The molecule has 5 nitrogen and oxygen atoms in total. The average Bonchev–Trinajstić information content (AvgIpc) is 2.46. The Balaban J connectivity index is 2.04. The summed E-state index contributed by atoms with van der Waals surface area (Å²) in [5.74, 6) is 0.432. The van der Waals surface area contributed by atoms with Crippen LogP contribution in [0.2, 0.25) is 5.02 Å². The van der Waals surface area contributed by atoms with Crippen LogP contribution < -0.4 is 10.1 Å². The Morgan fingerprint density at radius 2 is 2.15 bits per heavy atom. The third-order valence-electron chi connectivity index (χ3n) is 2.42. The first kappa shape index (κ1) is 14.0. The highest BCUT2D eigenvalue weighted by atomic mass is 35.5. The maximum Gasteiger partial charge on any atom is 0.249 e. The maximum absolute atomic E-state index is 11.8. The van der Waals surface area contributed by atoms with Gasteiger partial charge < -0.3 is 10.1 Å². The summed E-state index contributed by atoms with van der Waals surface area (Å²) >= 11 is 5.99. The van der Waals surface area contributed by atoms with Crippen molar-refractivity contribution in [2.45, 2.75) is 0 Å². The third kappa shape index (κ3) is 3.80. The molecule has 2 aromatic rings. The van der Waals surface area contributed by atoms with Crippen LogP contribution >= 0.6 is 11.6 Å². The highest BCUT2D eigenvalue weighted by molar-refractivity contribution is 6.32. The minimum atomic E-state index is -0.314. The van der Waals surface area contributed by atoms with Crippen molar-refractivity contribution in [1.82, 2.24) is 9.97 Å². The molecule has 1 heterocycles. The fraction of sp³-hybridized carbons (Fsp3) is 0.0714. The lowest BCUT2D eigenvalue weighted by molar-refractivity contribution is -0.111. The number of rotatable bonds is 4. The molecule has 0 spiro atoms. The van der Waals surface area contributed by atoms with E-state index in [9.17, 15) is 4.79 Å². The Morgan fingerprint density at radius 3 is 2.90 bits per heavy atom. The largest absolute Gasteiger partial charge is 0.481 e. The molecule has 6 heteroatoms. The zero-order valence-corrected chi connectivity index (χ0v) is 11.5. The zero-order valence-electron chi connectivity index (χ0n) is 10.7. The summed E-state index contributed by atoms with van der Waals surface area (Å²) in [6, 6.07) is 8.78. The highest BCUT2D eigenvalue weighted by Crippen LogP contribution is 2.16. The number of hydrogen-bond donors (Lipinski definition) is 1. The normalized spacial score (nSPS) is 10.5. The second kappa shape index (κ2) is 6.68. The van der Waals surface area contributed by atoms with Gasteiger partial charge in [-0.25, -0.2) is 9.97 Å². The quantitative estimate of drug-likeness (QED) is 0.879. The van der Waals surface area contributed by atoms with Crippen LogP contribution in [0.15, 0.2) is 42.7 Å². The Hall–Kier alpha value is -2.40. The summed E-state index contributed by atoms with van der Waals surface area (Å²) in [4.78, 5) is 19.5. The van der Waals surface area contributed by atoms with Crippen molar-refractivity contribution in [3.8, 4) is 5.88 Å². The summed E-state index contributed by atoms with van der Waals surface area (Å²) in [7, 11) is 1.49. The minimum absolute atomic E-state index is 0.314. The number of carbonyl (C=O) groups excluding carboxylic acids is 1. The van der Waals surface area contributed by atoms with Crippen molar-refractivity contribution in [3.05, 3.63) is 53.3 Å². The number of anilines is 1. The summed E-state index contributed by atoms with van der Waals surface area (Å²) in [6.45, 7) is 0. The van der Waals surface area contributed by atoms with Crippen molar-refractivity contribution < 1.29 is 9.53 Å². The maximum atomic E-state index is 11.8. The Labute approximate surface area is 121 Å². The molecule has 0 fully saturated rings. The van der Waals surface area contributed by atoms with Gasteiger partial charge in [0.2, 0.25) is 11.8 Å². The fourth-order valence-corrected chi connectivity index (χ4v) is 1.66. The van der Waals surface area contributed by atoms with Crippen LogP contribution in [0.25, 0.3) is 6.08 Å². The number of ether oxygens (including phenoxy) is 1. The molecule has 1 amide bonds. The lowest BCUT2D eigenvalue weighted by Gasteiger charge is -2.02. The number of nitrogens with zero attached hydrogens (tertiary/aromatic N) is 2. The van der Waals surface area contributed by atoms with Crippen LogP contribution in [0, 0.1) is 0 Å². The molecule has 102 valence electrons. The van der Waals surface area contributed by atoms with E-state index >= 15 is 0 Å². The fourth-order valence-electron chi connectivity index (χ4n) is 1.46. The molecule has 0 atom stereocenters. The first-order valence-electron chi connectivity index (χ1n) is 5.78. The van der Waals surface area contributed by atoms with Crippen molar-refractivity contribution >= 4 is 29.4 Å². The monoisotopic (exact) mass is 289 g/mol. The standard InChI is InChI=1S/C14H12ClN3O2/c1-20-14-8-12(16-9-17-14)18-13(19)7-6-10-4-2-3-5-11(10)15/h2-9H,1H3,(H,16,17,18,19)/b7-6+. The molecule has 0 unspecified atom stereocenters. The van der Waals surface area contributed by atoms with Crippen LogP contribution in [0.5, 0.6) is 5.88 Å². The van der Waals surface area contributed by atoms with Gasteiger partial charge in [0.15, 0.2) is 0 Å². The third-order valence-corrected chi connectivity index (χ3v) is 2.77. The van der Waals surface area contributed by atoms with Gasteiger partial charge in [-0.15, -0.1) is 0 Å². The molecular weight excluding hydrogens is 278 g/mol. The molecule has 20 heavy (non-hydrogen) atoms. The van der Waals surface area contributed by atoms with E-state index in [1.165, 1.54) is 25.6 Å². The molecule has 0 saturated heterocycles. The van der Waals surface area contributed by atoms with E-state index in [1.807, 2.05) is 18.2 Å². The number of halogens is 1. The van der Waals surface area contributed by atoms with Gasteiger partial charge in [-0.05, 0) is 17.7 Å². The molecule has 0 saturated carbocycles. The average molecular weight is 290 g/mol. The van der Waals surface area contributed by atoms with E-state index < -0.39 is 0 Å². The van der Waals surface area contributed by atoms with Crippen molar-refractivity contribution in [2.24, 2.45) is 0 Å². The zero-order chi connectivity index (χ0) is 14.4. The van der Waals surface area contributed by atoms with E-state index in [4.69, 9.17) is 16.3 Å². The van der Waals surface area contributed by atoms with E-state index in [1.54, 1.807) is 12.1 Å². The number of benzene rings is 1. The van der Waals surface area contributed by atoms with Gasteiger partial charge in [0.25, 0.3) is 0 Å². The van der Waals surface area contributed by atoms with E-state index in [0.717, 1.165) is 5.56 Å². The van der Waals surface area contributed by atoms with Gasteiger partial charge in [-0.1, -0.05) is 29.8 Å². The first-order valence-corrected chi connectivity index (χ1v) is 6.16.